The Labute approximate surface area is 201 Å². The normalized spacial score (nSPS) is 29.6. The van der Waals surface area contributed by atoms with E-state index in [0.717, 1.165) is 6.42 Å². The molecule has 0 aromatic heterocycles. The van der Waals surface area contributed by atoms with Crippen molar-refractivity contribution in [2.75, 3.05) is 18.7 Å². The molecule has 7 rings (SSSR count). The van der Waals surface area contributed by atoms with Gasteiger partial charge in [-0.2, -0.15) is 0 Å². The summed E-state index contributed by atoms with van der Waals surface area (Å²) in [5, 5.41) is 11.3. The molecule has 6 atom stereocenters. The largest absolute Gasteiger partial charge is 0.497 e. The van der Waals surface area contributed by atoms with Crippen LogP contribution in [0.1, 0.15) is 16.8 Å². The van der Waals surface area contributed by atoms with Gasteiger partial charge < -0.3 is 4.74 Å². The van der Waals surface area contributed by atoms with E-state index in [4.69, 9.17) is 4.74 Å². The van der Waals surface area contributed by atoms with Gasteiger partial charge in [0.05, 0.1) is 23.9 Å². The summed E-state index contributed by atoms with van der Waals surface area (Å²) in [7, 11) is 1.53. The van der Waals surface area contributed by atoms with E-state index in [2.05, 4.69) is 12.2 Å². The van der Waals surface area contributed by atoms with Gasteiger partial charge in [-0.15, -0.1) is 0 Å². The predicted molar refractivity (Wildman–Crippen MR) is 124 cm³/mol. The Morgan fingerprint density at radius 3 is 2.26 bits per heavy atom. The summed E-state index contributed by atoms with van der Waals surface area (Å²) in [5.74, 6) is -0.0594. The van der Waals surface area contributed by atoms with Gasteiger partial charge in [0.15, 0.2) is 0 Å². The molecule has 3 fully saturated rings. The van der Waals surface area contributed by atoms with Crippen LogP contribution in [0, 0.1) is 45.6 Å². The monoisotopic (exact) mass is 473 g/mol. The highest BCUT2D eigenvalue weighted by Gasteiger charge is 2.67. The van der Waals surface area contributed by atoms with Gasteiger partial charge in [0.2, 0.25) is 11.8 Å². The highest BCUT2D eigenvalue weighted by molar-refractivity contribution is 6.10. The van der Waals surface area contributed by atoms with Gasteiger partial charge in [-0.1, -0.05) is 18.2 Å². The van der Waals surface area contributed by atoms with Crippen LogP contribution in [0.5, 0.6) is 5.75 Å². The number of benzene rings is 2. The molecule has 5 aliphatic rings. The lowest BCUT2D eigenvalue weighted by molar-refractivity contribution is -0.384. The number of likely N-dealkylation sites (tertiary alicyclic amines) is 1. The summed E-state index contributed by atoms with van der Waals surface area (Å²) in [5.41, 5.74) is 0.322. The Balaban J connectivity index is 1.34. The number of carbonyl (C=O) groups excluding carboxylic acids is 3. The van der Waals surface area contributed by atoms with Gasteiger partial charge >= 0.3 is 0 Å². The number of carbonyl (C=O) groups is 3. The quantitative estimate of drug-likeness (QED) is 0.276. The molecular weight excluding hydrogens is 450 g/mol. The molecule has 0 N–H and O–H groups in total. The Hall–Kier alpha value is -4.01. The zero-order chi connectivity index (χ0) is 24.4. The highest BCUT2D eigenvalue weighted by atomic mass is 16.6. The first-order chi connectivity index (χ1) is 16.9. The van der Waals surface area contributed by atoms with Crippen molar-refractivity contribution in [2.45, 2.75) is 6.42 Å². The number of non-ortho nitro benzene ring substituents is 1. The molecule has 4 aliphatic carbocycles. The van der Waals surface area contributed by atoms with Gasteiger partial charge in [0.1, 0.15) is 12.4 Å². The molecular formula is C26H23N3O6. The molecule has 2 aromatic carbocycles. The van der Waals surface area contributed by atoms with Crippen molar-refractivity contribution in [1.29, 1.82) is 0 Å². The van der Waals surface area contributed by atoms with E-state index in [1.807, 2.05) is 0 Å². The van der Waals surface area contributed by atoms with Crippen molar-refractivity contribution in [3.63, 3.8) is 0 Å². The lowest BCUT2D eigenvalue weighted by Crippen LogP contribution is -2.45. The van der Waals surface area contributed by atoms with Gasteiger partial charge in [0.25, 0.3) is 11.6 Å². The lowest BCUT2D eigenvalue weighted by atomic mass is 9.63. The summed E-state index contributed by atoms with van der Waals surface area (Å²) in [6.45, 7) is -0.257. The third kappa shape index (κ3) is 3.25. The van der Waals surface area contributed by atoms with Gasteiger partial charge in [-0.05, 0) is 60.4 Å². The number of rotatable bonds is 6. The number of anilines is 1. The van der Waals surface area contributed by atoms with E-state index in [9.17, 15) is 24.5 Å². The zero-order valence-corrected chi connectivity index (χ0v) is 18.9. The smallest absolute Gasteiger partial charge is 0.270 e. The number of nitro benzene ring substituents is 1. The fourth-order valence-electron chi connectivity index (χ4n) is 6.23. The van der Waals surface area contributed by atoms with Crippen LogP contribution in [0.2, 0.25) is 0 Å². The molecule has 6 unspecified atom stereocenters. The van der Waals surface area contributed by atoms with E-state index >= 15 is 0 Å². The first-order valence-corrected chi connectivity index (χ1v) is 11.6. The second kappa shape index (κ2) is 7.76. The van der Waals surface area contributed by atoms with Gasteiger partial charge in [-0.3, -0.25) is 34.3 Å². The second-order valence-electron chi connectivity index (χ2n) is 9.64. The van der Waals surface area contributed by atoms with E-state index in [1.54, 1.807) is 24.3 Å². The topological polar surface area (TPSA) is 110 Å². The van der Waals surface area contributed by atoms with Crippen molar-refractivity contribution in [3.05, 3.63) is 76.4 Å². The minimum absolute atomic E-state index is 0.0818. The molecule has 2 saturated carbocycles. The molecule has 1 heterocycles. The number of amides is 3. The second-order valence-corrected chi connectivity index (χ2v) is 9.64. The van der Waals surface area contributed by atoms with Gasteiger partial charge in [0, 0.05) is 23.4 Å². The minimum Gasteiger partial charge on any atom is -0.497 e. The van der Waals surface area contributed by atoms with Gasteiger partial charge in [-0.25, -0.2) is 0 Å². The van der Waals surface area contributed by atoms with Crippen LogP contribution in [0.3, 0.4) is 0 Å². The average Bonchev–Trinajstić information content (AvgIpc) is 3.67. The maximum absolute atomic E-state index is 13.6. The molecule has 2 bridgehead atoms. The number of methoxy groups -OCH3 is 1. The first kappa shape index (κ1) is 21.5. The summed E-state index contributed by atoms with van der Waals surface area (Å²) >= 11 is 0. The molecule has 3 amide bonds. The van der Waals surface area contributed by atoms with Crippen LogP contribution in [-0.4, -0.2) is 41.3 Å². The zero-order valence-electron chi connectivity index (χ0n) is 18.9. The van der Waals surface area contributed by atoms with Crippen LogP contribution in [0.4, 0.5) is 11.4 Å². The maximum Gasteiger partial charge on any atom is 0.270 e. The Morgan fingerprint density at radius 1 is 1.06 bits per heavy atom. The van der Waals surface area contributed by atoms with Crippen LogP contribution < -0.4 is 9.64 Å². The number of hydrogen-bond donors (Lipinski definition) is 0. The summed E-state index contributed by atoms with van der Waals surface area (Å²) < 4.78 is 5.21. The molecule has 178 valence electrons. The third-order valence-electron chi connectivity index (χ3n) is 7.97. The number of ether oxygens (including phenoxy) is 1. The Kier molecular flexibility index (Phi) is 4.77. The Morgan fingerprint density at radius 2 is 1.69 bits per heavy atom. The summed E-state index contributed by atoms with van der Waals surface area (Å²) in [6, 6.07) is 12.1. The lowest BCUT2D eigenvalue weighted by Gasteiger charge is -2.37. The number of allylic oxidation sites excluding steroid dienone is 2. The van der Waals surface area contributed by atoms with Crippen LogP contribution in [-0.2, 0) is 9.59 Å². The molecule has 1 saturated heterocycles. The predicted octanol–water partition coefficient (Wildman–Crippen LogP) is 3.26. The highest BCUT2D eigenvalue weighted by Crippen LogP contribution is 2.65. The van der Waals surface area contributed by atoms with E-state index in [0.29, 0.717) is 23.3 Å². The fraction of sp³-hybridized carbons (Fsp3) is 0.346. The number of nitro groups is 1. The van der Waals surface area contributed by atoms with Crippen molar-refractivity contribution in [3.8, 4) is 5.75 Å². The molecule has 9 nitrogen and oxygen atoms in total. The molecule has 9 heteroatoms. The molecule has 0 radical (unpaired) electrons. The van der Waals surface area contributed by atoms with Crippen molar-refractivity contribution in [1.82, 2.24) is 4.90 Å². The fourth-order valence-corrected chi connectivity index (χ4v) is 6.23. The third-order valence-corrected chi connectivity index (χ3v) is 7.97. The van der Waals surface area contributed by atoms with Crippen molar-refractivity contribution in [2.24, 2.45) is 35.5 Å². The van der Waals surface area contributed by atoms with Crippen molar-refractivity contribution < 1.29 is 24.0 Å². The number of hydrogen-bond acceptors (Lipinski definition) is 6. The summed E-state index contributed by atoms with van der Waals surface area (Å²) in [6.07, 6.45) is 5.27. The average molecular weight is 473 g/mol. The number of imide groups is 1. The van der Waals surface area contributed by atoms with Crippen molar-refractivity contribution >= 4 is 29.1 Å². The standard InChI is InChI=1S/C26H23N3O6/c1-35-17-7-5-15(6-8-17)27(24(30)14-3-2-4-16(11-14)29(33)34)13-28-25(31)22-18-9-10-19(21-12-20(18)21)23(22)26(28)32/h2-11,18-23H,12-13H2,1H3. The Bertz CT molecular complexity index is 1250. The molecule has 35 heavy (non-hydrogen) atoms. The minimum atomic E-state index is -0.569. The number of nitrogens with zero attached hydrogens (tertiary/aromatic N) is 3. The van der Waals surface area contributed by atoms with Crippen LogP contribution >= 0.6 is 0 Å². The molecule has 2 aromatic rings. The maximum atomic E-state index is 13.6. The summed E-state index contributed by atoms with van der Waals surface area (Å²) in [4.78, 5) is 53.8. The van der Waals surface area contributed by atoms with E-state index in [-0.39, 0.29) is 53.4 Å². The van der Waals surface area contributed by atoms with E-state index < -0.39 is 10.8 Å². The van der Waals surface area contributed by atoms with Crippen LogP contribution in [0.25, 0.3) is 0 Å². The van der Waals surface area contributed by atoms with E-state index in [1.165, 1.54) is 41.2 Å². The molecule has 1 aliphatic heterocycles. The molecule has 0 spiro atoms. The van der Waals surface area contributed by atoms with Crippen LogP contribution in [0.15, 0.2) is 60.7 Å². The SMILES string of the molecule is COc1ccc(N(CN2C(=O)C3C4C=CC(C5CC45)C3C2=O)C(=O)c2cccc([N+](=O)[O-])c2)cc1. The first-order valence-electron chi connectivity index (χ1n) is 11.6.